The third-order valence-corrected chi connectivity index (χ3v) is 33.1. The second kappa shape index (κ2) is 11.0. The second-order valence-corrected chi connectivity index (χ2v) is 51.6. The van der Waals surface area contributed by atoms with Crippen molar-refractivity contribution in [2.45, 2.75) is 62.7 Å². The van der Waals surface area contributed by atoms with Crippen molar-refractivity contribution in [2.24, 2.45) is 0 Å². The number of halogens is 2. The van der Waals surface area contributed by atoms with Gasteiger partial charge in [-0.1, -0.05) is 0 Å². The van der Waals surface area contributed by atoms with Gasteiger partial charge in [0.25, 0.3) is 0 Å². The fraction of sp³-hybridized carbons (Fsp3) is 0.333. The third kappa shape index (κ3) is 5.26. The molecular formula is C30H40Cl2HfSi. The molecule has 0 heterocycles. The Morgan fingerprint density at radius 2 is 0.971 bits per heavy atom. The van der Waals surface area contributed by atoms with Crippen molar-refractivity contribution in [3.8, 4) is 0 Å². The van der Waals surface area contributed by atoms with E-state index in [1.165, 1.54) is 33.4 Å². The Bertz CT molecular complexity index is 1160. The van der Waals surface area contributed by atoms with Gasteiger partial charge >= 0.3 is 199 Å². The molecule has 0 fully saturated rings. The van der Waals surface area contributed by atoms with E-state index in [0.717, 1.165) is 25.7 Å². The maximum atomic E-state index is 2.68. The van der Waals surface area contributed by atoms with Crippen molar-refractivity contribution < 1.29 is 17.1 Å². The van der Waals surface area contributed by atoms with Crippen LogP contribution in [-0.4, -0.2) is 6.94 Å². The fourth-order valence-corrected chi connectivity index (χ4v) is 29.0. The monoisotopic (exact) mass is 678 g/mol. The first-order valence-corrected chi connectivity index (χ1v) is 31.3. The van der Waals surface area contributed by atoms with Crippen LogP contribution in [0.25, 0.3) is 11.1 Å². The number of hydrogen-bond donors (Lipinski definition) is 0. The minimum Gasteiger partial charge on any atom is -0.147 e. The molecule has 0 N–H and O–H groups in total. The van der Waals surface area contributed by atoms with E-state index in [4.69, 9.17) is 0 Å². The molecule has 0 aliphatic heterocycles. The molecule has 0 spiro atoms. The van der Waals surface area contributed by atoms with Gasteiger partial charge in [-0.15, -0.1) is 24.8 Å². The summed E-state index contributed by atoms with van der Waals surface area (Å²) < 4.78 is 8.95. The summed E-state index contributed by atoms with van der Waals surface area (Å²) in [5, 5.41) is 0. The van der Waals surface area contributed by atoms with Crippen molar-refractivity contribution in [3.05, 3.63) is 101 Å². The largest absolute Gasteiger partial charge is 0.147 e. The van der Waals surface area contributed by atoms with Gasteiger partial charge in [0.15, 0.2) is 0 Å². The zero-order valence-electron chi connectivity index (χ0n) is 21.6. The van der Waals surface area contributed by atoms with Crippen LogP contribution in [0.3, 0.4) is 0 Å². The van der Waals surface area contributed by atoms with Gasteiger partial charge in [0, 0.05) is 0 Å². The Morgan fingerprint density at radius 1 is 0.647 bits per heavy atom. The number of benzene rings is 2. The van der Waals surface area contributed by atoms with Crippen LogP contribution in [0.4, 0.5) is 0 Å². The quantitative estimate of drug-likeness (QED) is 0.268. The van der Waals surface area contributed by atoms with Gasteiger partial charge in [-0.3, -0.25) is 0 Å². The number of allylic oxidation sites excluding steroid dienone is 8. The second-order valence-electron chi connectivity index (χ2n) is 10.6. The summed E-state index contributed by atoms with van der Waals surface area (Å²) >= 11 is -3.38. The molecule has 0 radical (unpaired) electrons. The molecule has 0 unspecified atom stereocenters. The molecule has 4 heteroatoms. The van der Waals surface area contributed by atoms with E-state index in [2.05, 4.69) is 105 Å². The normalized spacial score (nSPS) is 16.2. The molecule has 4 rings (SSSR count). The van der Waals surface area contributed by atoms with Crippen LogP contribution in [0, 0.1) is 0 Å². The molecule has 0 nitrogen and oxygen atoms in total. The minimum absolute atomic E-state index is 0. The van der Waals surface area contributed by atoms with E-state index in [-0.39, 0.29) is 24.8 Å². The van der Waals surface area contributed by atoms with Gasteiger partial charge in [0.1, 0.15) is 0 Å². The fourth-order valence-electron chi connectivity index (χ4n) is 5.89. The number of rotatable bonds is 6. The van der Waals surface area contributed by atoms with Crippen LogP contribution in [-0.2, 0) is 30.0 Å². The topological polar surface area (TPSA) is 0 Å². The van der Waals surface area contributed by atoms with Gasteiger partial charge in [-0.05, 0) is 0 Å². The van der Waals surface area contributed by atoms with Crippen LogP contribution >= 0.6 is 24.8 Å². The first-order chi connectivity index (χ1) is 15.1. The first-order valence-electron chi connectivity index (χ1n) is 12.2. The van der Waals surface area contributed by atoms with Crippen LogP contribution in [0.2, 0.25) is 9.36 Å². The summed E-state index contributed by atoms with van der Waals surface area (Å²) in [5.74, 6) is 0. The van der Waals surface area contributed by atoms with E-state index in [1.807, 2.05) is 0 Å². The van der Waals surface area contributed by atoms with Gasteiger partial charge in [-0.25, -0.2) is 0 Å². The summed E-state index contributed by atoms with van der Waals surface area (Å²) in [6, 6.07) is 18.5. The van der Waals surface area contributed by atoms with E-state index >= 15 is 0 Å². The van der Waals surface area contributed by atoms with Crippen LogP contribution in [0.1, 0.15) is 62.8 Å². The summed E-state index contributed by atoms with van der Waals surface area (Å²) in [5.41, 5.74) is 11.7. The molecule has 0 saturated carbocycles. The first kappa shape index (κ1) is 29.3. The molecule has 0 aromatic heterocycles. The summed E-state index contributed by atoms with van der Waals surface area (Å²) in [7, 11) is 0. The third-order valence-electron chi connectivity index (χ3n) is 8.02. The number of hydrogen-bond acceptors (Lipinski definition) is 0. The molecule has 182 valence electrons. The molecule has 0 bridgehead atoms. The zero-order valence-corrected chi connectivity index (χ0v) is 28.3. The van der Waals surface area contributed by atoms with Crippen LogP contribution < -0.4 is 0 Å². The Labute approximate surface area is 222 Å². The standard InChI is InChI=1S/2C14H15.2CH3.2ClH.Hf.H2Si/c2*1-3-12-7-9-13(10-8-12)14-6-4-5-11(14)2;;;;;;/h2*6-10H,3-4H2,1-2H3;2*1H3;2*1H;;1H2. The molecular weight excluding hydrogens is 638 g/mol. The van der Waals surface area contributed by atoms with Gasteiger partial charge < -0.3 is 0 Å². The molecule has 2 aromatic carbocycles. The van der Waals surface area contributed by atoms with Crippen LogP contribution in [0.5, 0.6) is 0 Å². The number of aryl methyl sites for hydroxylation is 2. The summed E-state index contributed by atoms with van der Waals surface area (Å²) in [6.45, 7) is 11.6. The predicted molar refractivity (Wildman–Crippen MR) is 157 cm³/mol. The van der Waals surface area contributed by atoms with E-state index < -0.39 is 17.1 Å². The molecule has 2 aromatic rings. The maximum absolute atomic E-state index is 3.38. The van der Waals surface area contributed by atoms with E-state index in [1.54, 1.807) is 17.8 Å². The Morgan fingerprint density at radius 3 is 1.26 bits per heavy atom. The maximum Gasteiger partial charge on any atom is -0.147 e. The molecule has 0 amide bonds. The van der Waals surface area contributed by atoms with Crippen molar-refractivity contribution in [3.63, 3.8) is 0 Å². The average Bonchev–Trinajstić information content (AvgIpc) is 3.37. The van der Waals surface area contributed by atoms with E-state index in [0.29, 0.717) is 0 Å². The minimum atomic E-state index is -3.38. The smallest absolute Gasteiger partial charge is 0.147 e. The van der Waals surface area contributed by atoms with Gasteiger partial charge in [-0.2, -0.15) is 0 Å². The van der Waals surface area contributed by atoms with E-state index in [9.17, 15) is 0 Å². The van der Waals surface area contributed by atoms with Crippen LogP contribution in [0.15, 0.2) is 78.5 Å². The molecule has 2 aliphatic rings. The molecule has 0 saturated heterocycles. The molecule has 34 heavy (non-hydrogen) atoms. The van der Waals surface area contributed by atoms with Gasteiger partial charge in [0.2, 0.25) is 0 Å². The van der Waals surface area contributed by atoms with Crippen molar-refractivity contribution in [1.29, 1.82) is 0 Å². The molecule has 2 aliphatic carbocycles. The average molecular weight is 678 g/mol. The Hall–Kier alpha value is -0.933. The Kier molecular flexibility index (Phi) is 9.47. The van der Waals surface area contributed by atoms with Crippen molar-refractivity contribution in [2.75, 3.05) is 0 Å². The van der Waals surface area contributed by atoms with Crippen molar-refractivity contribution >= 4 is 42.9 Å². The summed E-state index contributed by atoms with van der Waals surface area (Å²) in [4.78, 5) is 0. The van der Waals surface area contributed by atoms with Gasteiger partial charge in [0.05, 0.1) is 0 Å². The molecule has 0 atom stereocenters. The van der Waals surface area contributed by atoms with Crippen molar-refractivity contribution in [1.82, 2.24) is 0 Å². The predicted octanol–water partition coefficient (Wildman–Crippen LogP) is 8.81. The zero-order chi connectivity index (χ0) is 23.1. The summed E-state index contributed by atoms with van der Waals surface area (Å²) in [6.07, 6.45) is 9.49. The Balaban J connectivity index is 0.00000204. The SMILES string of the molecule is CCc1ccc(C2=CC[C]([Hf]([CH3])([CH3])(=[SiH2])[C]3=C(C)C(c4ccc(CC)cc4)=CC3)=C2C)cc1.Cl.Cl.